The predicted molar refractivity (Wildman–Crippen MR) is 73.4 cm³/mol. The summed E-state index contributed by atoms with van der Waals surface area (Å²) in [4.78, 5) is 25.7. The first-order valence-corrected chi connectivity index (χ1v) is 6.22. The molecule has 1 aliphatic heterocycles. The maximum absolute atomic E-state index is 12.4. The van der Waals surface area contributed by atoms with Gasteiger partial charge in [0.15, 0.2) is 0 Å². The van der Waals surface area contributed by atoms with Gasteiger partial charge in [0.05, 0.1) is 5.56 Å². The standard InChI is InChI=1S/C13H18N4O2/c1-16-12(18)11-3-2-6-17(11)13(19)9-5-4-8(14)7-10(9)15/h4-5,7,11H,2-3,6,14-15H2,1H3,(H,16,18). The molecule has 1 atom stereocenters. The number of nitrogens with one attached hydrogen (secondary N) is 1. The van der Waals surface area contributed by atoms with Crippen LogP contribution in [0.4, 0.5) is 11.4 Å². The van der Waals surface area contributed by atoms with Crippen LogP contribution in [0.2, 0.25) is 0 Å². The van der Waals surface area contributed by atoms with E-state index in [0.29, 0.717) is 29.9 Å². The van der Waals surface area contributed by atoms with Gasteiger partial charge in [-0.3, -0.25) is 9.59 Å². The summed E-state index contributed by atoms with van der Waals surface area (Å²) in [5, 5.41) is 2.58. The fourth-order valence-electron chi connectivity index (χ4n) is 2.38. The molecule has 2 amide bonds. The Morgan fingerprint density at radius 3 is 2.74 bits per heavy atom. The first kappa shape index (κ1) is 13.2. The highest BCUT2D eigenvalue weighted by atomic mass is 16.2. The SMILES string of the molecule is CNC(=O)C1CCCN1C(=O)c1ccc(N)cc1N. The largest absolute Gasteiger partial charge is 0.399 e. The molecule has 0 aromatic heterocycles. The number of carbonyl (C=O) groups excluding carboxylic acids is 2. The molecule has 0 spiro atoms. The van der Waals surface area contributed by atoms with Crippen LogP contribution < -0.4 is 16.8 Å². The number of carbonyl (C=O) groups is 2. The highest BCUT2D eigenvalue weighted by Gasteiger charge is 2.34. The summed E-state index contributed by atoms with van der Waals surface area (Å²) in [5.41, 5.74) is 12.7. The Kier molecular flexibility index (Phi) is 3.59. The van der Waals surface area contributed by atoms with Crippen molar-refractivity contribution in [1.29, 1.82) is 0 Å². The second kappa shape index (κ2) is 5.17. The fraction of sp³-hybridized carbons (Fsp3) is 0.385. The first-order valence-electron chi connectivity index (χ1n) is 6.22. The Hall–Kier alpha value is -2.24. The van der Waals surface area contributed by atoms with Gasteiger partial charge in [-0.1, -0.05) is 0 Å². The predicted octanol–water partition coefficient (Wildman–Crippen LogP) is 0.202. The molecule has 5 N–H and O–H groups in total. The molecule has 0 aliphatic carbocycles. The van der Waals surface area contributed by atoms with Crippen LogP contribution in [-0.2, 0) is 4.79 Å². The lowest BCUT2D eigenvalue weighted by Crippen LogP contribution is -2.45. The number of hydrogen-bond donors (Lipinski definition) is 3. The summed E-state index contributed by atoms with van der Waals surface area (Å²) in [6, 6.07) is 4.38. The van der Waals surface area contributed by atoms with Crippen LogP contribution in [0.25, 0.3) is 0 Å². The molecule has 1 saturated heterocycles. The van der Waals surface area contributed by atoms with E-state index < -0.39 is 6.04 Å². The number of benzene rings is 1. The zero-order chi connectivity index (χ0) is 14.0. The van der Waals surface area contributed by atoms with E-state index in [4.69, 9.17) is 11.5 Å². The van der Waals surface area contributed by atoms with Crippen molar-refractivity contribution in [2.75, 3.05) is 25.1 Å². The number of likely N-dealkylation sites (tertiary alicyclic amines) is 1. The van der Waals surface area contributed by atoms with Gasteiger partial charge in [-0.05, 0) is 31.0 Å². The van der Waals surface area contributed by atoms with E-state index in [2.05, 4.69) is 5.32 Å². The Morgan fingerprint density at radius 1 is 1.37 bits per heavy atom. The number of hydrogen-bond acceptors (Lipinski definition) is 4. The molecule has 1 unspecified atom stereocenters. The molecule has 6 nitrogen and oxygen atoms in total. The minimum absolute atomic E-state index is 0.139. The van der Waals surface area contributed by atoms with E-state index in [9.17, 15) is 9.59 Å². The van der Waals surface area contributed by atoms with Gasteiger partial charge in [0.2, 0.25) is 5.91 Å². The van der Waals surface area contributed by atoms with Gasteiger partial charge in [0, 0.05) is 25.0 Å². The van der Waals surface area contributed by atoms with E-state index in [1.165, 1.54) is 0 Å². The molecule has 0 saturated carbocycles. The Labute approximate surface area is 111 Å². The van der Waals surface area contributed by atoms with E-state index in [-0.39, 0.29) is 11.8 Å². The quantitative estimate of drug-likeness (QED) is 0.663. The van der Waals surface area contributed by atoms with Crippen LogP contribution in [-0.4, -0.2) is 36.3 Å². The third-order valence-electron chi connectivity index (χ3n) is 3.37. The molecular weight excluding hydrogens is 244 g/mol. The molecule has 2 rings (SSSR count). The smallest absolute Gasteiger partial charge is 0.256 e. The van der Waals surface area contributed by atoms with Crippen molar-refractivity contribution < 1.29 is 9.59 Å². The molecule has 1 aromatic carbocycles. The van der Waals surface area contributed by atoms with Crippen molar-refractivity contribution in [3.8, 4) is 0 Å². The van der Waals surface area contributed by atoms with Crippen LogP contribution in [0.15, 0.2) is 18.2 Å². The summed E-state index contributed by atoms with van der Waals surface area (Å²) in [5.74, 6) is -0.358. The van der Waals surface area contributed by atoms with E-state index in [1.807, 2.05) is 0 Å². The minimum Gasteiger partial charge on any atom is -0.399 e. The summed E-state index contributed by atoms with van der Waals surface area (Å²) in [6.07, 6.45) is 1.50. The average Bonchev–Trinajstić information content (AvgIpc) is 2.86. The molecule has 6 heteroatoms. The van der Waals surface area contributed by atoms with Gasteiger partial charge < -0.3 is 21.7 Å². The van der Waals surface area contributed by atoms with Gasteiger partial charge in [-0.2, -0.15) is 0 Å². The maximum Gasteiger partial charge on any atom is 0.256 e. The second-order valence-corrected chi connectivity index (χ2v) is 4.62. The minimum atomic E-state index is -0.408. The van der Waals surface area contributed by atoms with Crippen LogP contribution in [0.3, 0.4) is 0 Å². The van der Waals surface area contributed by atoms with Crippen molar-refractivity contribution in [3.05, 3.63) is 23.8 Å². The van der Waals surface area contributed by atoms with E-state index >= 15 is 0 Å². The normalized spacial score (nSPS) is 18.4. The first-order chi connectivity index (χ1) is 9.04. The number of likely N-dealkylation sites (N-methyl/N-ethyl adjacent to an activating group) is 1. The van der Waals surface area contributed by atoms with Crippen LogP contribution in [0, 0.1) is 0 Å². The van der Waals surface area contributed by atoms with Crippen molar-refractivity contribution in [3.63, 3.8) is 0 Å². The van der Waals surface area contributed by atoms with E-state index in [0.717, 1.165) is 6.42 Å². The zero-order valence-electron chi connectivity index (χ0n) is 10.8. The number of nitrogen functional groups attached to an aromatic ring is 2. The third-order valence-corrected chi connectivity index (χ3v) is 3.37. The van der Waals surface area contributed by atoms with E-state index in [1.54, 1.807) is 30.1 Å². The molecule has 1 aliphatic rings. The zero-order valence-corrected chi connectivity index (χ0v) is 10.8. The van der Waals surface area contributed by atoms with Gasteiger partial charge in [0.1, 0.15) is 6.04 Å². The summed E-state index contributed by atoms with van der Waals surface area (Å²) < 4.78 is 0. The second-order valence-electron chi connectivity index (χ2n) is 4.62. The lowest BCUT2D eigenvalue weighted by atomic mass is 10.1. The van der Waals surface area contributed by atoms with Gasteiger partial charge in [-0.25, -0.2) is 0 Å². The Morgan fingerprint density at radius 2 is 2.11 bits per heavy atom. The van der Waals surface area contributed by atoms with Crippen LogP contribution >= 0.6 is 0 Å². The number of anilines is 2. The van der Waals surface area contributed by atoms with Gasteiger partial charge in [-0.15, -0.1) is 0 Å². The van der Waals surface area contributed by atoms with Crippen molar-refractivity contribution in [1.82, 2.24) is 10.2 Å². The van der Waals surface area contributed by atoms with Crippen molar-refractivity contribution in [2.45, 2.75) is 18.9 Å². The molecule has 0 bridgehead atoms. The molecule has 1 aromatic rings. The lowest BCUT2D eigenvalue weighted by Gasteiger charge is -2.24. The third kappa shape index (κ3) is 2.47. The highest BCUT2D eigenvalue weighted by Crippen LogP contribution is 2.24. The van der Waals surface area contributed by atoms with Gasteiger partial charge >= 0.3 is 0 Å². The van der Waals surface area contributed by atoms with Crippen LogP contribution in [0.1, 0.15) is 23.2 Å². The fourth-order valence-corrected chi connectivity index (χ4v) is 2.38. The monoisotopic (exact) mass is 262 g/mol. The highest BCUT2D eigenvalue weighted by molar-refractivity contribution is 6.02. The molecule has 19 heavy (non-hydrogen) atoms. The topological polar surface area (TPSA) is 101 Å². The summed E-state index contributed by atoms with van der Waals surface area (Å²) >= 11 is 0. The number of nitrogens with zero attached hydrogens (tertiary/aromatic N) is 1. The lowest BCUT2D eigenvalue weighted by molar-refractivity contribution is -0.124. The van der Waals surface area contributed by atoms with Crippen molar-refractivity contribution in [2.24, 2.45) is 0 Å². The van der Waals surface area contributed by atoms with Crippen LogP contribution in [0.5, 0.6) is 0 Å². The molecule has 1 fully saturated rings. The van der Waals surface area contributed by atoms with Gasteiger partial charge in [0.25, 0.3) is 5.91 Å². The van der Waals surface area contributed by atoms with Crippen molar-refractivity contribution >= 4 is 23.2 Å². The number of nitrogens with two attached hydrogens (primary N) is 2. The molecular formula is C13H18N4O2. The average molecular weight is 262 g/mol. The maximum atomic E-state index is 12.4. The number of amides is 2. The molecule has 0 radical (unpaired) electrons. The molecule has 102 valence electrons. The Balaban J connectivity index is 2.25. The summed E-state index contributed by atoms with van der Waals surface area (Å²) in [6.45, 7) is 0.570. The number of rotatable bonds is 2. The molecule has 1 heterocycles. The Bertz CT molecular complexity index is 515. The summed E-state index contributed by atoms with van der Waals surface area (Å²) in [7, 11) is 1.57.